The molecular weight excluding hydrogens is 374 g/mol. The van der Waals surface area contributed by atoms with Crippen molar-refractivity contribution in [2.45, 2.75) is 17.4 Å². The zero-order valence-electron chi connectivity index (χ0n) is 14.6. The lowest BCUT2D eigenvalue weighted by molar-refractivity contribution is -0.139. The second-order valence-electron chi connectivity index (χ2n) is 5.69. The molecule has 0 fully saturated rings. The highest BCUT2D eigenvalue weighted by molar-refractivity contribution is 7.89. The minimum atomic E-state index is -3.80. The minimum absolute atomic E-state index is 0.0542. The Morgan fingerprint density at radius 2 is 1.96 bits per heavy atom. The van der Waals surface area contributed by atoms with Gasteiger partial charge in [0.1, 0.15) is 16.6 Å². The Hall–Kier alpha value is -2.69. The highest BCUT2D eigenvalue weighted by atomic mass is 32.2. The molecule has 0 bridgehead atoms. The third-order valence-corrected chi connectivity index (χ3v) is 5.14. The first-order chi connectivity index (χ1) is 12.8. The smallest absolute Gasteiger partial charge is 0.326 e. The number of hydrogen-bond acceptors (Lipinski definition) is 5. The second kappa shape index (κ2) is 9.31. The van der Waals surface area contributed by atoms with Gasteiger partial charge in [0.2, 0.25) is 10.0 Å². The van der Waals surface area contributed by atoms with Gasteiger partial charge in [-0.05, 0) is 11.6 Å². The van der Waals surface area contributed by atoms with Crippen LogP contribution in [0.25, 0.3) is 0 Å². The molecule has 9 nitrogen and oxygen atoms in total. The number of aliphatic carboxylic acids is 1. The molecule has 1 amide bonds. The van der Waals surface area contributed by atoms with Crippen LogP contribution in [-0.2, 0) is 26.0 Å². The number of carbonyl (C=O) groups is 2. The second-order valence-corrected chi connectivity index (χ2v) is 7.46. The van der Waals surface area contributed by atoms with Crippen LogP contribution in [0.5, 0.6) is 0 Å². The van der Waals surface area contributed by atoms with Crippen molar-refractivity contribution in [3.63, 3.8) is 0 Å². The largest absolute Gasteiger partial charge is 0.480 e. The van der Waals surface area contributed by atoms with Gasteiger partial charge >= 0.3 is 5.97 Å². The Morgan fingerprint density at radius 3 is 2.59 bits per heavy atom. The number of carboxylic acids is 1. The minimum Gasteiger partial charge on any atom is -0.480 e. The van der Waals surface area contributed by atoms with E-state index in [-0.39, 0.29) is 30.2 Å². The van der Waals surface area contributed by atoms with E-state index in [1.54, 1.807) is 30.3 Å². The van der Waals surface area contributed by atoms with Gasteiger partial charge in [-0.3, -0.25) is 4.79 Å². The van der Waals surface area contributed by atoms with Gasteiger partial charge in [0.05, 0.1) is 6.61 Å². The maximum Gasteiger partial charge on any atom is 0.326 e. The molecule has 2 rings (SSSR count). The molecular formula is C17H21N3O6S. The lowest BCUT2D eigenvalue weighted by Gasteiger charge is -2.14. The number of amides is 1. The van der Waals surface area contributed by atoms with Gasteiger partial charge in [0.25, 0.3) is 5.91 Å². The zero-order valence-corrected chi connectivity index (χ0v) is 15.5. The lowest BCUT2D eigenvalue weighted by atomic mass is 10.1. The van der Waals surface area contributed by atoms with Crippen LogP contribution in [0.3, 0.4) is 0 Å². The molecule has 0 spiro atoms. The summed E-state index contributed by atoms with van der Waals surface area (Å²) in [7, 11) is -2.35. The third kappa shape index (κ3) is 5.91. The molecule has 4 N–H and O–H groups in total. The number of rotatable bonds is 10. The number of methoxy groups -OCH3 is 1. The number of ether oxygens (including phenoxy) is 1. The van der Waals surface area contributed by atoms with Crippen LogP contribution < -0.4 is 10.0 Å². The van der Waals surface area contributed by atoms with E-state index in [1.807, 2.05) is 0 Å². The van der Waals surface area contributed by atoms with Gasteiger partial charge in [-0.2, -0.15) is 0 Å². The van der Waals surface area contributed by atoms with Gasteiger partial charge in [0, 0.05) is 26.3 Å². The SMILES string of the molecule is COCCNS(=O)(=O)c1c[nH]c(C(=O)N[C@H](Cc2ccccc2)C(=O)O)c1. The van der Waals surface area contributed by atoms with Crippen LogP contribution in [0.2, 0.25) is 0 Å². The summed E-state index contributed by atoms with van der Waals surface area (Å²) in [5.41, 5.74) is 0.698. The summed E-state index contributed by atoms with van der Waals surface area (Å²) in [6, 6.07) is 8.86. The van der Waals surface area contributed by atoms with Crippen LogP contribution in [0.1, 0.15) is 16.1 Å². The molecule has 146 valence electrons. The number of aromatic amines is 1. The monoisotopic (exact) mass is 395 g/mol. The third-order valence-electron chi connectivity index (χ3n) is 3.70. The molecule has 1 atom stereocenters. The Bertz CT molecular complexity index is 879. The number of benzene rings is 1. The highest BCUT2D eigenvalue weighted by Gasteiger charge is 2.23. The van der Waals surface area contributed by atoms with Crippen LogP contribution in [0.15, 0.2) is 47.5 Å². The van der Waals surface area contributed by atoms with Gasteiger partial charge in [0.15, 0.2) is 0 Å². The van der Waals surface area contributed by atoms with Gasteiger partial charge in [-0.1, -0.05) is 30.3 Å². The van der Waals surface area contributed by atoms with Gasteiger partial charge in [-0.25, -0.2) is 17.9 Å². The molecule has 10 heteroatoms. The van der Waals surface area contributed by atoms with Crippen LogP contribution in [0, 0.1) is 0 Å². The van der Waals surface area contributed by atoms with Crippen molar-refractivity contribution < 1.29 is 27.9 Å². The predicted octanol–water partition coefficient (Wildman–Crippen LogP) is 0.365. The summed E-state index contributed by atoms with van der Waals surface area (Å²) in [5.74, 6) is -1.90. The molecule has 0 aliphatic heterocycles. The molecule has 0 radical (unpaired) electrons. The van der Waals surface area contributed by atoms with E-state index in [0.717, 1.165) is 17.8 Å². The van der Waals surface area contributed by atoms with Crippen molar-refractivity contribution in [3.8, 4) is 0 Å². The van der Waals surface area contributed by atoms with E-state index >= 15 is 0 Å². The molecule has 0 saturated heterocycles. The molecule has 1 aromatic heterocycles. The van der Waals surface area contributed by atoms with Crippen LogP contribution in [-0.4, -0.2) is 56.7 Å². The molecule has 2 aromatic rings. The van der Waals surface area contributed by atoms with Crippen molar-refractivity contribution >= 4 is 21.9 Å². The fraction of sp³-hybridized carbons (Fsp3) is 0.294. The van der Waals surface area contributed by atoms with E-state index < -0.39 is 27.9 Å². The highest BCUT2D eigenvalue weighted by Crippen LogP contribution is 2.11. The number of carbonyl (C=O) groups excluding carboxylic acids is 1. The van der Waals surface area contributed by atoms with Gasteiger partial charge < -0.3 is 20.1 Å². The molecule has 0 aliphatic carbocycles. The summed E-state index contributed by atoms with van der Waals surface area (Å²) in [4.78, 5) is 26.2. The molecule has 27 heavy (non-hydrogen) atoms. The van der Waals surface area contributed by atoms with E-state index in [0.29, 0.717) is 0 Å². The number of H-pyrrole nitrogens is 1. The Balaban J connectivity index is 2.06. The normalized spacial score (nSPS) is 12.5. The first-order valence-electron chi connectivity index (χ1n) is 8.08. The topological polar surface area (TPSA) is 138 Å². The first kappa shape index (κ1) is 20.6. The summed E-state index contributed by atoms with van der Waals surface area (Å²) in [6.45, 7) is 0.292. The van der Waals surface area contributed by atoms with E-state index in [2.05, 4.69) is 15.0 Å². The number of nitrogens with one attached hydrogen (secondary N) is 3. The number of aromatic nitrogens is 1. The van der Waals surface area contributed by atoms with E-state index in [1.165, 1.54) is 7.11 Å². The first-order valence-corrected chi connectivity index (χ1v) is 9.56. The Labute approximate surface area is 156 Å². The Kier molecular flexibility index (Phi) is 7.11. The molecule has 0 aliphatic rings. The molecule has 0 unspecified atom stereocenters. The molecule has 1 heterocycles. The van der Waals surface area contributed by atoms with Crippen molar-refractivity contribution in [1.29, 1.82) is 0 Å². The maximum absolute atomic E-state index is 12.3. The summed E-state index contributed by atoms with van der Waals surface area (Å²) in [6.07, 6.45) is 1.27. The van der Waals surface area contributed by atoms with Crippen molar-refractivity contribution in [1.82, 2.24) is 15.0 Å². The van der Waals surface area contributed by atoms with Crippen molar-refractivity contribution in [2.24, 2.45) is 0 Å². The zero-order chi connectivity index (χ0) is 19.9. The fourth-order valence-electron chi connectivity index (χ4n) is 2.31. The maximum atomic E-state index is 12.3. The summed E-state index contributed by atoms with van der Waals surface area (Å²) < 4.78 is 31.3. The van der Waals surface area contributed by atoms with Crippen molar-refractivity contribution in [2.75, 3.05) is 20.3 Å². The van der Waals surface area contributed by atoms with Gasteiger partial charge in [-0.15, -0.1) is 0 Å². The fourth-order valence-corrected chi connectivity index (χ4v) is 3.31. The number of hydrogen-bond donors (Lipinski definition) is 4. The summed E-state index contributed by atoms with van der Waals surface area (Å²) >= 11 is 0. The Morgan fingerprint density at radius 1 is 1.26 bits per heavy atom. The standard InChI is InChI=1S/C17H21N3O6S/c1-26-8-7-19-27(24,25)13-10-14(18-11-13)16(21)20-15(17(22)23)9-12-5-3-2-4-6-12/h2-6,10-11,15,18-19H,7-9H2,1H3,(H,20,21)(H,22,23)/t15-/m1/s1. The van der Waals surface area contributed by atoms with Crippen LogP contribution in [0.4, 0.5) is 0 Å². The lowest BCUT2D eigenvalue weighted by Crippen LogP contribution is -2.42. The van der Waals surface area contributed by atoms with Crippen molar-refractivity contribution in [3.05, 3.63) is 53.9 Å². The van der Waals surface area contributed by atoms with E-state index in [4.69, 9.17) is 4.74 Å². The number of carboxylic acid groups (broad SMARTS) is 1. The average molecular weight is 395 g/mol. The van der Waals surface area contributed by atoms with E-state index in [9.17, 15) is 23.1 Å². The molecule has 1 aromatic carbocycles. The quantitative estimate of drug-likeness (QED) is 0.429. The summed E-state index contributed by atoms with van der Waals surface area (Å²) in [5, 5.41) is 11.7. The predicted molar refractivity (Wildman–Crippen MR) is 96.9 cm³/mol. The average Bonchev–Trinajstić information content (AvgIpc) is 3.13. The van der Waals surface area contributed by atoms with Crippen LogP contribution >= 0.6 is 0 Å². The number of sulfonamides is 1. The molecule has 0 saturated carbocycles.